The molecule has 1 rings (SSSR count). The molecule has 7 heteroatoms. The van der Waals surface area contributed by atoms with E-state index < -0.39 is 23.4 Å². The molecule has 0 fully saturated rings. The van der Waals surface area contributed by atoms with Crippen LogP contribution in [0.2, 0.25) is 5.02 Å². The van der Waals surface area contributed by atoms with Gasteiger partial charge in [-0.1, -0.05) is 23.7 Å². The molecular formula is C9H5ClF4O2. The molecule has 88 valence electrons. The molecule has 0 spiro atoms. The number of aliphatic carboxylic acids is 1. The predicted octanol–water partition coefficient (Wildman–Crippen LogP) is 3.15. The Morgan fingerprint density at radius 1 is 1.12 bits per heavy atom. The zero-order chi connectivity index (χ0) is 12.6. The fraction of sp³-hybridized carbons (Fsp3) is 0.222. The SMILES string of the molecule is O=C(O)C(F)(c1ccc(Cl)cc1)C(F)(F)F. The highest BCUT2D eigenvalue weighted by Gasteiger charge is 2.63. The van der Waals surface area contributed by atoms with Crippen molar-refractivity contribution in [2.75, 3.05) is 0 Å². The highest BCUT2D eigenvalue weighted by atomic mass is 35.5. The van der Waals surface area contributed by atoms with Crippen molar-refractivity contribution >= 4 is 17.6 Å². The number of carboxylic acids is 1. The van der Waals surface area contributed by atoms with Crippen LogP contribution >= 0.6 is 11.6 Å². The summed E-state index contributed by atoms with van der Waals surface area (Å²) in [6, 6.07) is 3.34. The lowest BCUT2D eigenvalue weighted by molar-refractivity contribution is -0.240. The summed E-state index contributed by atoms with van der Waals surface area (Å²) < 4.78 is 50.6. The van der Waals surface area contributed by atoms with Gasteiger partial charge in [0.2, 0.25) is 0 Å². The molecule has 0 radical (unpaired) electrons. The highest BCUT2D eigenvalue weighted by Crippen LogP contribution is 2.42. The molecule has 1 atom stereocenters. The maximum Gasteiger partial charge on any atom is 0.437 e. The van der Waals surface area contributed by atoms with Gasteiger partial charge in [-0.15, -0.1) is 0 Å². The molecule has 1 aromatic rings. The van der Waals surface area contributed by atoms with Gasteiger partial charge < -0.3 is 5.11 Å². The van der Waals surface area contributed by atoms with Crippen molar-refractivity contribution in [1.29, 1.82) is 0 Å². The number of halogens is 5. The fourth-order valence-corrected chi connectivity index (χ4v) is 1.21. The first-order chi connectivity index (χ1) is 7.19. The van der Waals surface area contributed by atoms with Crippen molar-refractivity contribution in [2.24, 2.45) is 0 Å². The van der Waals surface area contributed by atoms with Gasteiger partial charge in [0.05, 0.1) is 0 Å². The zero-order valence-electron chi connectivity index (χ0n) is 7.55. The van der Waals surface area contributed by atoms with Crippen LogP contribution in [-0.4, -0.2) is 17.3 Å². The minimum atomic E-state index is -5.54. The molecule has 1 aromatic carbocycles. The Labute approximate surface area is 92.4 Å². The standard InChI is InChI=1S/C9H5ClF4O2/c10-6-3-1-5(2-4-6)8(11,7(15)16)9(12,13)14/h1-4H,(H,15,16). The number of carboxylic acid groups (broad SMARTS) is 1. The van der Waals surface area contributed by atoms with Crippen LogP contribution < -0.4 is 0 Å². The Hall–Kier alpha value is -1.30. The molecule has 0 aliphatic carbocycles. The normalized spacial score (nSPS) is 15.6. The first-order valence-corrected chi connectivity index (χ1v) is 4.32. The minimum Gasteiger partial charge on any atom is -0.478 e. The second kappa shape index (κ2) is 3.93. The van der Waals surface area contributed by atoms with Crippen molar-refractivity contribution in [3.63, 3.8) is 0 Å². The predicted molar refractivity (Wildman–Crippen MR) is 47.9 cm³/mol. The molecule has 2 nitrogen and oxygen atoms in total. The van der Waals surface area contributed by atoms with Crippen LogP contribution in [-0.2, 0) is 10.5 Å². The molecule has 1 unspecified atom stereocenters. The summed E-state index contributed by atoms with van der Waals surface area (Å²) in [6.07, 6.45) is -5.54. The van der Waals surface area contributed by atoms with Crippen LogP contribution in [0.3, 0.4) is 0 Å². The van der Waals surface area contributed by atoms with Crippen molar-refractivity contribution in [1.82, 2.24) is 0 Å². The molecule has 16 heavy (non-hydrogen) atoms. The van der Waals surface area contributed by atoms with E-state index in [0.29, 0.717) is 12.1 Å². The summed E-state index contributed by atoms with van der Waals surface area (Å²) >= 11 is 5.40. The smallest absolute Gasteiger partial charge is 0.437 e. The monoisotopic (exact) mass is 256 g/mol. The van der Waals surface area contributed by atoms with Gasteiger partial charge in [-0.2, -0.15) is 13.2 Å². The fourth-order valence-electron chi connectivity index (χ4n) is 1.09. The summed E-state index contributed by atoms with van der Waals surface area (Å²) in [5.74, 6) is -2.61. The molecule has 0 aliphatic heterocycles. The van der Waals surface area contributed by atoms with Crippen LogP contribution in [0.15, 0.2) is 24.3 Å². The lowest BCUT2D eigenvalue weighted by Gasteiger charge is -2.23. The molecule has 0 bridgehead atoms. The van der Waals surface area contributed by atoms with E-state index in [2.05, 4.69) is 0 Å². The Morgan fingerprint density at radius 3 is 1.88 bits per heavy atom. The molecule has 1 N–H and O–H groups in total. The van der Waals surface area contributed by atoms with E-state index in [-0.39, 0.29) is 5.02 Å². The summed E-state index contributed by atoms with van der Waals surface area (Å²) in [5, 5.41) is 8.44. The molecule has 0 saturated carbocycles. The van der Waals surface area contributed by atoms with E-state index in [4.69, 9.17) is 16.7 Å². The van der Waals surface area contributed by atoms with Crippen LogP contribution in [0.5, 0.6) is 0 Å². The Balaban J connectivity index is 3.34. The second-order valence-corrected chi connectivity index (χ2v) is 3.40. The van der Waals surface area contributed by atoms with Gasteiger partial charge in [0, 0.05) is 10.6 Å². The van der Waals surface area contributed by atoms with Crippen molar-refractivity contribution in [3.05, 3.63) is 34.9 Å². The van der Waals surface area contributed by atoms with Gasteiger partial charge in [-0.3, -0.25) is 0 Å². The van der Waals surface area contributed by atoms with E-state index in [1.165, 1.54) is 0 Å². The zero-order valence-corrected chi connectivity index (χ0v) is 8.31. The van der Waals surface area contributed by atoms with E-state index in [9.17, 15) is 22.4 Å². The molecule has 0 aliphatic rings. The summed E-state index contributed by atoms with van der Waals surface area (Å²) in [4.78, 5) is 10.4. The van der Waals surface area contributed by atoms with E-state index in [1.54, 1.807) is 0 Å². The van der Waals surface area contributed by atoms with Crippen molar-refractivity contribution < 1.29 is 27.5 Å². The third-order valence-electron chi connectivity index (χ3n) is 1.93. The molecular weight excluding hydrogens is 252 g/mol. The van der Waals surface area contributed by atoms with E-state index in [1.807, 2.05) is 0 Å². The maximum absolute atomic E-state index is 13.5. The maximum atomic E-state index is 13.5. The second-order valence-electron chi connectivity index (χ2n) is 2.97. The molecule has 0 heterocycles. The first kappa shape index (κ1) is 12.8. The quantitative estimate of drug-likeness (QED) is 0.826. The van der Waals surface area contributed by atoms with Crippen LogP contribution in [0, 0.1) is 0 Å². The van der Waals surface area contributed by atoms with Crippen molar-refractivity contribution in [2.45, 2.75) is 11.8 Å². The number of hydrogen-bond donors (Lipinski definition) is 1. The van der Waals surface area contributed by atoms with Gasteiger partial charge in [-0.05, 0) is 12.1 Å². The van der Waals surface area contributed by atoms with Crippen LogP contribution in [0.1, 0.15) is 5.56 Å². The molecule has 0 saturated heterocycles. The average molecular weight is 257 g/mol. The average Bonchev–Trinajstić information content (AvgIpc) is 2.15. The third-order valence-corrected chi connectivity index (χ3v) is 2.18. The number of hydrogen-bond acceptors (Lipinski definition) is 1. The Kier molecular flexibility index (Phi) is 3.14. The molecule has 0 aromatic heterocycles. The summed E-state index contributed by atoms with van der Waals surface area (Å²) in [7, 11) is 0. The minimum absolute atomic E-state index is 0.0821. The largest absolute Gasteiger partial charge is 0.478 e. The number of alkyl halides is 4. The Morgan fingerprint density at radius 2 is 1.56 bits per heavy atom. The number of rotatable bonds is 2. The van der Waals surface area contributed by atoms with Crippen LogP contribution in [0.4, 0.5) is 17.6 Å². The van der Waals surface area contributed by atoms with Crippen LogP contribution in [0.25, 0.3) is 0 Å². The lowest BCUT2D eigenvalue weighted by atomic mass is 9.95. The molecule has 0 amide bonds. The number of benzene rings is 1. The van der Waals surface area contributed by atoms with Gasteiger partial charge in [0.25, 0.3) is 0 Å². The van der Waals surface area contributed by atoms with Gasteiger partial charge >= 0.3 is 17.8 Å². The summed E-state index contributed by atoms with van der Waals surface area (Å²) in [5.41, 5.74) is -5.44. The van der Waals surface area contributed by atoms with Crippen molar-refractivity contribution in [3.8, 4) is 0 Å². The van der Waals surface area contributed by atoms with Gasteiger partial charge in [-0.25, -0.2) is 9.18 Å². The van der Waals surface area contributed by atoms with Gasteiger partial charge in [0.15, 0.2) is 0 Å². The number of carbonyl (C=O) groups is 1. The Bertz CT molecular complexity index is 401. The summed E-state index contributed by atoms with van der Waals surface area (Å²) in [6.45, 7) is 0. The first-order valence-electron chi connectivity index (χ1n) is 3.94. The van der Waals surface area contributed by atoms with E-state index >= 15 is 0 Å². The van der Waals surface area contributed by atoms with Gasteiger partial charge in [0.1, 0.15) is 0 Å². The topological polar surface area (TPSA) is 37.3 Å². The lowest BCUT2D eigenvalue weighted by Crippen LogP contribution is -2.45. The van der Waals surface area contributed by atoms with E-state index in [0.717, 1.165) is 12.1 Å². The highest BCUT2D eigenvalue weighted by molar-refractivity contribution is 6.30. The third kappa shape index (κ3) is 1.97.